The Morgan fingerprint density at radius 1 is 1.35 bits per heavy atom. The predicted octanol–water partition coefficient (Wildman–Crippen LogP) is 3.18. The molecule has 0 saturated carbocycles. The van der Waals surface area contributed by atoms with Gasteiger partial charge in [-0.1, -0.05) is 24.2 Å². The van der Waals surface area contributed by atoms with Gasteiger partial charge in [0.25, 0.3) is 0 Å². The van der Waals surface area contributed by atoms with Gasteiger partial charge in [-0.3, -0.25) is 4.79 Å². The number of benzene rings is 1. The molecule has 0 spiro atoms. The summed E-state index contributed by atoms with van der Waals surface area (Å²) in [6.45, 7) is 2.71. The molecule has 0 radical (unpaired) electrons. The summed E-state index contributed by atoms with van der Waals surface area (Å²) in [5.41, 5.74) is 1.03. The van der Waals surface area contributed by atoms with Gasteiger partial charge in [0.05, 0.1) is 11.4 Å². The van der Waals surface area contributed by atoms with Crippen LogP contribution in [-0.4, -0.2) is 26.4 Å². The van der Waals surface area contributed by atoms with Crippen LogP contribution in [0.5, 0.6) is 0 Å². The minimum absolute atomic E-state index is 0.186. The van der Waals surface area contributed by atoms with Crippen molar-refractivity contribution in [2.24, 2.45) is 0 Å². The molecule has 1 aromatic heterocycles. The number of thioether (sulfide) groups is 1. The van der Waals surface area contributed by atoms with Gasteiger partial charge in [-0.05, 0) is 37.5 Å². The molecule has 3 rings (SSSR count). The van der Waals surface area contributed by atoms with Crippen molar-refractivity contribution < 1.29 is 9.18 Å². The molecule has 122 valence electrons. The molecule has 1 aliphatic heterocycles. The van der Waals surface area contributed by atoms with E-state index in [1.54, 1.807) is 12.1 Å². The van der Waals surface area contributed by atoms with Crippen molar-refractivity contribution in [3.63, 3.8) is 0 Å². The summed E-state index contributed by atoms with van der Waals surface area (Å²) < 4.78 is 15.8. The van der Waals surface area contributed by atoms with Crippen molar-refractivity contribution in [3.8, 4) is 0 Å². The second-order valence-corrected chi connectivity index (χ2v) is 6.62. The number of nitrogens with zero attached hydrogens (tertiary/aromatic N) is 3. The lowest BCUT2D eigenvalue weighted by molar-refractivity contribution is -0.113. The Balaban J connectivity index is 1.60. The van der Waals surface area contributed by atoms with Crippen LogP contribution < -0.4 is 5.32 Å². The number of fused-ring (bicyclic) bond motifs is 1. The van der Waals surface area contributed by atoms with E-state index >= 15 is 0 Å². The Morgan fingerprint density at radius 2 is 2.22 bits per heavy atom. The molecular weight excluding hydrogens is 315 g/mol. The van der Waals surface area contributed by atoms with Crippen molar-refractivity contribution in [2.75, 3.05) is 11.1 Å². The van der Waals surface area contributed by atoms with Gasteiger partial charge in [0.15, 0.2) is 5.16 Å². The van der Waals surface area contributed by atoms with Crippen molar-refractivity contribution in [2.45, 2.75) is 44.3 Å². The highest BCUT2D eigenvalue weighted by atomic mass is 32.2. The largest absolute Gasteiger partial charge is 0.323 e. The van der Waals surface area contributed by atoms with Crippen LogP contribution in [0.2, 0.25) is 0 Å². The minimum Gasteiger partial charge on any atom is -0.323 e. The van der Waals surface area contributed by atoms with Gasteiger partial charge in [0.2, 0.25) is 5.91 Å². The Morgan fingerprint density at radius 3 is 3.04 bits per heavy atom. The van der Waals surface area contributed by atoms with E-state index in [0.717, 1.165) is 42.4 Å². The van der Waals surface area contributed by atoms with E-state index in [-0.39, 0.29) is 17.3 Å². The van der Waals surface area contributed by atoms with Gasteiger partial charge < -0.3 is 9.88 Å². The number of halogens is 1. The molecule has 0 saturated heterocycles. The molecule has 0 fully saturated rings. The average Bonchev–Trinajstić information content (AvgIpc) is 2.75. The lowest BCUT2D eigenvalue weighted by Gasteiger charge is -2.08. The Bertz CT molecular complexity index is 716. The van der Waals surface area contributed by atoms with E-state index in [2.05, 4.69) is 20.1 Å². The SMILES string of the molecule is Cc1ccc(NC(=O)CSc2nnc3n2CCCCC3)c(F)c1. The molecule has 1 aliphatic rings. The molecule has 7 heteroatoms. The molecule has 0 unspecified atom stereocenters. The predicted molar refractivity (Wildman–Crippen MR) is 88.1 cm³/mol. The standard InChI is InChI=1S/C16H19FN4OS/c1-11-6-7-13(12(17)9-11)18-15(22)10-23-16-20-19-14-5-3-2-4-8-21(14)16/h6-7,9H,2-5,8,10H2,1H3,(H,18,22). The summed E-state index contributed by atoms with van der Waals surface area (Å²) in [4.78, 5) is 12.0. The molecule has 2 aromatic rings. The molecule has 0 aliphatic carbocycles. The zero-order valence-corrected chi connectivity index (χ0v) is 13.8. The van der Waals surface area contributed by atoms with Crippen LogP contribution in [0, 0.1) is 12.7 Å². The first-order valence-corrected chi connectivity index (χ1v) is 8.73. The monoisotopic (exact) mass is 334 g/mol. The lowest BCUT2D eigenvalue weighted by Crippen LogP contribution is -2.15. The van der Waals surface area contributed by atoms with E-state index in [9.17, 15) is 9.18 Å². The highest BCUT2D eigenvalue weighted by Crippen LogP contribution is 2.22. The number of rotatable bonds is 4. The minimum atomic E-state index is -0.417. The summed E-state index contributed by atoms with van der Waals surface area (Å²) in [5.74, 6) is 0.518. The molecule has 23 heavy (non-hydrogen) atoms. The van der Waals surface area contributed by atoms with E-state index in [1.165, 1.54) is 24.2 Å². The number of aryl methyl sites for hydroxylation is 2. The quantitative estimate of drug-likeness (QED) is 0.873. The maximum absolute atomic E-state index is 13.7. The summed E-state index contributed by atoms with van der Waals surface area (Å²) in [7, 11) is 0. The van der Waals surface area contributed by atoms with Crippen LogP contribution >= 0.6 is 11.8 Å². The highest BCUT2D eigenvalue weighted by molar-refractivity contribution is 7.99. The van der Waals surface area contributed by atoms with Gasteiger partial charge in [-0.25, -0.2) is 4.39 Å². The summed E-state index contributed by atoms with van der Waals surface area (Å²) in [6, 6.07) is 4.75. The number of hydrogen-bond acceptors (Lipinski definition) is 4. The normalized spacial score (nSPS) is 14.2. The third-order valence-electron chi connectivity index (χ3n) is 3.81. The van der Waals surface area contributed by atoms with Crippen LogP contribution in [0.1, 0.15) is 30.7 Å². The van der Waals surface area contributed by atoms with Crippen molar-refractivity contribution >= 4 is 23.4 Å². The van der Waals surface area contributed by atoms with Crippen LogP contribution in [-0.2, 0) is 17.8 Å². The molecule has 0 atom stereocenters. The number of aromatic nitrogens is 3. The maximum atomic E-state index is 13.7. The topological polar surface area (TPSA) is 59.8 Å². The summed E-state index contributed by atoms with van der Waals surface area (Å²) in [6.07, 6.45) is 4.38. The van der Waals surface area contributed by atoms with Gasteiger partial charge in [-0.15, -0.1) is 10.2 Å². The van der Waals surface area contributed by atoms with E-state index < -0.39 is 5.82 Å². The zero-order valence-electron chi connectivity index (χ0n) is 13.0. The number of carbonyl (C=O) groups is 1. The molecular formula is C16H19FN4OS. The first kappa shape index (κ1) is 16.0. The molecule has 1 N–H and O–H groups in total. The number of amides is 1. The first-order chi connectivity index (χ1) is 11.1. The summed E-state index contributed by atoms with van der Waals surface area (Å²) >= 11 is 1.34. The number of nitrogens with one attached hydrogen (secondary N) is 1. The van der Waals surface area contributed by atoms with Gasteiger partial charge >= 0.3 is 0 Å². The fourth-order valence-electron chi connectivity index (χ4n) is 2.60. The van der Waals surface area contributed by atoms with Gasteiger partial charge in [-0.2, -0.15) is 0 Å². The molecule has 0 bridgehead atoms. The smallest absolute Gasteiger partial charge is 0.234 e. The van der Waals surface area contributed by atoms with E-state index in [0.29, 0.717) is 0 Å². The fraction of sp³-hybridized carbons (Fsp3) is 0.438. The summed E-state index contributed by atoms with van der Waals surface area (Å²) in [5, 5.41) is 11.7. The Hall–Kier alpha value is -1.89. The van der Waals surface area contributed by atoms with Crippen molar-refractivity contribution in [1.29, 1.82) is 0 Å². The van der Waals surface area contributed by atoms with Crippen molar-refractivity contribution in [3.05, 3.63) is 35.4 Å². The zero-order chi connectivity index (χ0) is 16.2. The van der Waals surface area contributed by atoms with E-state index in [4.69, 9.17) is 0 Å². The van der Waals surface area contributed by atoms with Gasteiger partial charge in [0, 0.05) is 13.0 Å². The fourth-order valence-corrected chi connectivity index (χ4v) is 3.39. The van der Waals surface area contributed by atoms with Crippen LogP contribution in [0.3, 0.4) is 0 Å². The van der Waals surface area contributed by atoms with Gasteiger partial charge in [0.1, 0.15) is 11.6 Å². The Labute approximate surface area is 138 Å². The van der Waals surface area contributed by atoms with Crippen molar-refractivity contribution in [1.82, 2.24) is 14.8 Å². The number of anilines is 1. The molecule has 1 aromatic carbocycles. The number of hydrogen-bond donors (Lipinski definition) is 1. The third kappa shape index (κ3) is 3.90. The highest BCUT2D eigenvalue weighted by Gasteiger charge is 2.16. The average molecular weight is 334 g/mol. The van der Waals surface area contributed by atoms with Crippen LogP contribution in [0.15, 0.2) is 23.4 Å². The lowest BCUT2D eigenvalue weighted by atomic mass is 10.2. The first-order valence-electron chi connectivity index (χ1n) is 7.74. The van der Waals surface area contributed by atoms with Crippen LogP contribution in [0.4, 0.5) is 10.1 Å². The maximum Gasteiger partial charge on any atom is 0.234 e. The van der Waals surface area contributed by atoms with E-state index in [1.807, 2.05) is 6.92 Å². The third-order valence-corrected chi connectivity index (χ3v) is 4.77. The second kappa shape index (κ2) is 7.12. The molecule has 5 nitrogen and oxygen atoms in total. The van der Waals surface area contributed by atoms with Crippen LogP contribution in [0.25, 0.3) is 0 Å². The Kier molecular flexibility index (Phi) is 4.95. The second-order valence-electron chi connectivity index (χ2n) is 5.68. The number of carbonyl (C=O) groups excluding carboxylic acids is 1. The molecule has 2 heterocycles. The molecule has 1 amide bonds.